The van der Waals surface area contributed by atoms with Gasteiger partial charge in [0.2, 0.25) is 0 Å². The third-order valence-electron chi connectivity index (χ3n) is 3.43. The van der Waals surface area contributed by atoms with Crippen LogP contribution >= 0.6 is 11.8 Å². The van der Waals surface area contributed by atoms with Crippen molar-refractivity contribution in [3.8, 4) is 6.07 Å². The van der Waals surface area contributed by atoms with Crippen molar-refractivity contribution in [3.63, 3.8) is 0 Å². The summed E-state index contributed by atoms with van der Waals surface area (Å²) in [5.74, 6) is 0.0494. The zero-order valence-electron chi connectivity index (χ0n) is 13.0. The summed E-state index contributed by atoms with van der Waals surface area (Å²) < 4.78 is 5.35. The van der Waals surface area contributed by atoms with Crippen LogP contribution in [0.5, 0.6) is 0 Å². The molecular formula is C18H13N3O3S. The Hall–Kier alpha value is -3.24. The Morgan fingerprint density at radius 1 is 1.40 bits per heavy atom. The molecule has 0 radical (unpaired) electrons. The molecule has 0 amide bonds. The average Bonchev–Trinajstić information content (AvgIpc) is 3.14. The fraction of sp³-hybridized carbons (Fsp3) is 0.0556. The van der Waals surface area contributed by atoms with Crippen LogP contribution in [-0.2, 0) is 5.75 Å². The highest BCUT2D eigenvalue weighted by atomic mass is 32.2. The van der Waals surface area contributed by atoms with Crippen molar-refractivity contribution in [2.75, 3.05) is 0 Å². The zero-order valence-corrected chi connectivity index (χ0v) is 13.8. The van der Waals surface area contributed by atoms with Gasteiger partial charge in [-0.3, -0.25) is 0 Å². The van der Waals surface area contributed by atoms with E-state index in [0.29, 0.717) is 33.6 Å². The lowest BCUT2D eigenvalue weighted by molar-refractivity contribution is 0.0697. The van der Waals surface area contributed by atoms with E-state index in [1.807, 2.05) is 6.07 Å². The summed E-state index contributed by atoms with van der Waals surface area (Å²) in [6, 6.07) is 12.3. The molecule has 1 aliphatic rings. The average molecular weight is 351 g/mol. The molecule has 25 heavy (non-hydrogen) atoms. The van der Waals surface area contributed by atoms with Gasteiger partial charge < -0.3 is 14.8 Å². The number of carboxylic acid groups (broad SMARTS) is 1. The fourth-order valence-electron chi connectivity index (χ4n) is 2.25. The van der Waals surface area contributed by atoms with Gasteiger partial charge in [-0.1, -0.05) is 30.5 Å². The van der Waals surface area contributed by atoms with Crippen molar-refractivity contribution in [3.05, 3.63) is 77.4 Å². The van der Waals surface area contributed by atoms with Crippen LogP contribution in [0.25, 0.3) is 5.70 Å². The molecule has 124 valence electrons. The number of nitrogens with zero attached hydrogens (tertiary/aromatic N) is 2. The molecule has 2 heterocycles. The first-order valence-corrected chi connectivity index (χ1v) is 8.25. The number of aliphatic imine (C=N–C) groups is 1. The summed E-state index contributed by atoms with van der Waals surface area (Å²) in [5, 5.41) is 21.9. The molecule has 0 atom stereocenters. The summed E-state index contributed by atoms with van der Waals surface area (Å²) in [6.45, 7) is 3.86. The number of aromatic carboxylic acids is 1. The van der Waals surface area contributed by atoms with E-state index in [1.54, 1.807) is 30.3 Å². The molecule has 0 spiro atoms. The van der Waals surface area contributed by atoms with Gasteiger partial charge in [-0.25, -0.2) is 9.79 Å². The van der Waals surface area contributed by atoms with Crippen LogP contribution in [0.1, 0.15) is 21.7 Å². The first-order chi connectivity index (χ1) is 12.1. The predicted octanol–water partition coefficient (Wildman–Crippen LogP) is 3.62. The number of nitrogens with one attached hydrogen (secondary N) is 1. The van der Waals surface area contributed by atoms with Gasteiger partial charge in [0.05, 0.1) is 17.5 Å². The molecule has 0 unspecified atom stereocenters. The van der Waals surface area contributed by atoms with E-state index in [-0.39, 0.29) is 5.56 Å². The van der Waals surface area contributed by atoms with E-state index in [0.717, 1.165) is 5.56 Å². The summed E-state index contributed by atoms with van der Waals surface area (Å²) in [6.07, 6.45) is 1.52. The van der Waals surface area contributed by atoms with Gasteiger partial charge in [0.25, 0.3) is 0 Å². The second kappa shape index (κ2) is 7.11. The molecule has 2 aromatic rings. The SMILES string of the molecule is C=C1NC(SCc2cccc(C(=O)O)c2)=NC(c2ccco2)=C1C#N. The molecule has 6 nitrogen and oxygen atoms in total. The third-order valence-corrected chi connectivity index (χ3v) is 4.37. The van der Waals surface area contributed by atoms with E-state index in [1.165, 1.54) is 18.0 Å². The number of allylic oxidation sites excluding steroid dienone is 1. The Bertz CT molecular complexity index is 937. The molecule has 0 saturated carbocycles. The fourth-order valence-corrected chi connectivity index (χ4v) is 3.08. The second-order valence-corrected chi connectivity index (χ2v) is 6.09. The lowest BCUT2D eigenvalue weighted by Crippen LogP contribution is -2.24. The smallest absolute Gasteiger partial charge is 0.335 e. The minimum Gasteiger partial charge on any atom is -0.478 e. The number of thioether (sulfide) groups is 1. The normalized spacial score (nSPS) is 13.9. The molecule has 1 aromatic carbocycles. The van der Waals surface area contributed by atoms with E-state index in [4.69, 9.17) is 9.52 Å². The summed E-state index contributed by atoms with van der Waals surface area (Å²) in [5.41, 5.74) is 2.30. The van der Waals surface area contributed by atoms with Crippen LogP contribution in [0.4, 0.5) is 0 Å². The molecule has 7 heteroatoms. The number of hydrogen-bond donors (Lipinski definition) is 2. The summed E-state index contributed by atoms with van der Waals surface area (Å²) >= 11 is 1.39. The number of rotatable bonds is 4. The third kappa shape index (κ3) is 3.65. The number of furan rings is 1. The second-order valence-electron chi connectivity index (χ2n) is 5.13. The van der Waals surface area contributed by atoms with Gasteiger partial charge in [0, 0.05) is 5.75 Å². The standard InChI is InChI=1S/C18H13N3O3S/c1-11-14(9-19)16(15-6-3-7-24-15)21-18(20-11)25-10-12-4-2-5-13(8-12)17(22)23/h2-8H,1,10H2,(H,20,21)(H,22,23). The van der Waals surface area contributed by atoms with Crippen LogP contribution in [-0.4, -0.2) is 16.2 Å². The molecule has 1 aliphatic heterocycles. The highest BCUT2D eigenvalue weighted by Crippen LogP contribution is 2.29. The molecular weight excluding hydrogens is 338 g/mol. The van der Waals surface area contributed by atoms with Crippen molar-refractivity contribution in [1.82, 2.24) is 5.32 Å². The molecule has 3 rings (SSSR count). The summed E-state index contributed by atoms with van der Waals surface area (Å²) in [7, 11) is 0. The van der Waals surface area contributed by atoms with Gasteiger partial charge in [-0.2, -0.15) is 5.26 Å². The molecule has 0 aliphatic carbocycles. The number of carboxylic acids is 1. The maximum atomic E-state index is 11.0. The molecule has 2 N–H and O–H groups in total. The Balaban J connectivity index is 1.83. The van der Waals surface area contributed by atoms with Gasteiger partial charge in [0.15, 0.2) is 10.9 Å². The van der Waals surface area contributed by atoms with Crippen LogP contribution < -0.4 is 5.32 Å². The minimum absolute atomic E-state index is 0.240. The van der Waals surface area contributed by atoms with Crippen molar-refractivity contribution in [2.24, 2.45) is 4.99 Å². The molecule has 0 bridgehead atoms. The molecule has 0 fully saturated rings. The first kappa shape index (κ1) is 16.6. The monoisotopic (exact) mass is 351 g/mol. The Morgan fingerprint density at radius 2 is 2.24 bits per heavy atom. The maximum Gasteiger partial charge on any atom is 0.335 e. The van der Waals surface area contributed by atoms with Crippen LogP contribution in [0, 0.1) is 11.3 Å². The van der Waals surface area contributed by atoms with Crippen LogP contribution in [0.2, 0.25) is 0 Å². The van der Waals surface area contributed by atoms with Crippen molar-refractivity contribution < 1.29 is 14.3 Å². The number of hydrogen-bond acceptors (Lipinski definition) is 6. The van der Waals surface area contributed by atoms with Gasteiger partial charge in [0.1, 0.15) is 17.3 Å². The number of nitriles is 1. The van der Waals surface area contributed by atoms with Gasteiger partial charge in [-0.05, 0) is 29.8 Å². The van der Waals surface area contributed by atoms with Crippen LogP contribution in [0.15, 0.2) is 69.9 Å². The van der Waals surface area contributed by atoms with E-state index >= 15 is 0 Å². The Kier molecular flexibility index (Phi) is 4.73. The quantitative estimate of drug-likeness (QED) is 0.873. The van der Waals surface area contributed by atoms with Gasteiger partial charge >= 0.3 is 5.97 Å². The minimum atomic E-state index is -0.963. The van der Waals surface area contributed by atoms with Crippen LogP contribution in [0.3, 0.4) is 0 Å². The highest BCUT2D eigenvalue weighted by Gasteiger charge is 2.21. The lowest BCUT2D eigenvalue weighted by Gasteiger charge is -2.18. The largest absolute Gasteiger partial charge is 0.478 e. The van der Waals surface area contributed by atoms with Crippen molar-refractivity contribution in [1.29, 1.82) is 5.26 Å². The maximum absolute atomic E-state index is 11.0. The van der Waals surface area contributed by atoms with Gasteiger partial charge in [-0.15, -0.1) is 0 Å². The lowest BCUT2D eigenvalue weighted by atomic mass is 10.1. The predicted molar refractivity (Wildman–Crippen MR) is 95.6 cm³/mol. The van der Waals surface area contributed by atoms with Crippen molar-refractivity contribution in [2.45, 2.75) is 5.75 Å². The molecule has 0 saturated heterocycles. The summed E-state index contributed by atoms with van der Waals surface area (Å²) in [4.78, 5) is 15.5. The number of benzene rings is 1. The zero-order chi connectivity index (χ0) is 17.8. The van der Waals surface area contributed by atoms with E-state index in [9.17, 15) is 10.1 Å². The number of carbonyl (C=O) groups is 1. The first-order valence-electron chi connectivity index (χ1n) is 7.26. The molecule has 1 aromatic heterocycles. The number of amidine groups is 1. The van der Waals surface area contributed by atoms with E-state index < -0.39 is 5.97 Å². The highest BCUT2D eigenvalue weighted by molar-refractivity contribution is 8.13. The topological polar surface area (TPSA) is 98.6 Å². The Labute approximate surface area is 148 Å². The van der Waals surface area contributed by atoms with Crippen molar-refractivity contribution >= 4 is 28.6 Å². The Morgan fingerprint density at radius 3 is 2.92 bits per heavy atom. The van der Waals surface area contributed by atoms with E-state index in [2.05, 4.69) is 23.0 Å².